The summed E-state index contributed by atoms with van der Waals surface area (Å²) in [5, 5.41) is 8.17. The van der Waals surface area contributed by atoms with Crippen LogP contribution >= 0.6 is 0 Å². The van der Waals surface area contributed by atoms with E-state index in [-0.39, 0.29) is 0 Å². The Morgan fingerprint density at radius 2 is 1.96 bits per heavy atom. The first-order chi connectivity index (χ1) is 10.9. The van der Waals surface area contributed by atoms with Crippen molar-refractivity contribution in [2.45, 2.75) is 43.4 Å². The largest absolute Gasteiger partial charge is 0.255 e. The zero-order valence-corrected chi connectivity index (χ0v) is 14.5. The van der Waals surface area contributed by atoms with Gasteiger partial charge < -0.3 is 0 Å². The third kappa shape index (κ3) is 3.80. The van der Waals surface area contributed by atoms with E-state index in [0.717, 1.165) is 17.7 Å². The van der Waals surface area contributed by atoms with Crippen LogP contribution in [0.5, 0.6) is 0 Å². The van der Waals surface area contributed by atoms with E-state index >= 15 is 0 Å². The summed E-state index contributed by atoms with van der Waals surface area (Å²) in [6.45, 7) is 0. The minimum atomic E-state index is -3.23. The lowest BCUT2D eigenvalue weighted by Crippen LogP contribution is -2.10. The third-order valence-corrected chi connectivity index (χ3v) is 5.73. The van der Waals surface area contributed by atoms with Gasteiger partial charge >= 0.3 is 0 Å². The summed E-state index contributed by atoms with van der Waals surface area (Å²) in [6.07, 6.45) is 10.5. The Hall–Kier alpha value is -1.69. The topological polar surface area (TPSA) is 64.8 Å². The number of hydrogen-bond acceptors (Lipinski definition) is 4. The maximum atomic E-state index is 11.9. The highest BCUT2D eigenvalue weighted by Crippen LogP contribution is 2.32. The van der Waals surface area contributed by atoms with Crippen LogP contribution < -0.4 is 0 Å². The highest BCUT2D eigenvalue weighted by Gasteiger charge is 2.19. The molecule has 0 aliphatic heterocycles. The lowest BCUT2D eigenvalue weighted by Gasteiger charge is -2.22. The van der Waals surface area contributed by atoms with E-state index in [1.807, 2.05) is 19.3 Å². The van der Waals surface area contributed by atoms with E-state index in [1.165, 1.54) is 43.9 Å². The fourth-order valence-corrected chi connectivity index (χ4v) is 4.02. The highest BCUT2D eigenvalue weighted by atomic mass is 32.2. The van der Waals surface area contributed by atoms with Crippen molar-refractivity contribution < 1.29 is 8.42 Å². The molecule has 1 fully saturated rings. The lowest BCUT2D eigenvalue weighted by molar-refractivity contribution is 0.357. The molecule has 2 aromatic rings. The van der Waals surface area contributed by atoms with E-state index in [1.54, 1.807) is 16.8 Å². The van der Waals surface area contributed by atoms with Crippen molar-refractivity contribution >= 4 is 9.84 Å². The Kier molecular flexibility index (Phi) is 4.53. The highest BCUT2D eigenvalue weighted by molar-refractivity contribution is 7.90. The van der Waals surface area contributed by atoms with Crippen LogP contribution in [0.4, 0.5) is 0 Å². The minimum absolute atomic E-state index is 0.338. The molecule has 0 spiro atoms. The van der Waals surface area contributed by atoms with Crippen molar-refractivity contribution in [3.63, 3.8) is 0 Å². The molecule has 0 N–H and O–H groups in total. The molecule has 3 rings (SSSR count). The van der Waals surface area contributed by atoms with E-state index in [0.29, 0.717) is 10.8 Å². The molecule has 1 saturated carbocycles. The summed E-state index contributed by atoms with van der Waals surface area (Å²) in [5.74, 6) is 0.684. The molecule has 23 heavy (non-hydrogen) atoms. The Morgan fingerprint density at radius 1 is 1.22 bits per heavy atom. The lowest BCUT2D eigenvalue weighted by atomic mass is 9.83. The standard InChI is InChI=1S/C17H23N3O2S/c1-20-12-17(18-19-20)16-11-15(23(2,21)22)9-8-14(16)10-13-6-4-3-5-7-13/h8-9,11-13H,3-7,10H2,1-2H3. The zero-order chi connectivity index (χ0) is 16.4. The molecule has 0 atom stereocenters. The van der Waals surface area contributed by atoms with Crippen LogP contribution in [0.2, 0.25) is 0 Å². The average Bonchev–Trinajstić information content (AvgIpc) is 2.94. The number of sulfone groups is 1. The summed E-state index contributed by atoms with van der Waals surface area (Å²) >= 11 is 0. The summed E-state index contributed by atoms with van der Waals surface area (Å²) < 4.78 is 25.4. The maximum absolute atomic E-state index is 11.9. The van der Waals surface area contributed by atoms with Gasteiger partial charge in [-0.15, -0.1) is 5.10 Å². The number of aryl methyl sites for hydroxylation is 1. The molecule has 0 bridgehead atoms. The molecular weight excluding hydrogens is 310 g/mol. The maximum Gasteiger partial charge on any atom is 0.175 e. The van der Waals surface area contributed by atoms with Crippen LogP contribution in [0.25, 0.3) is 11.3 Å². The van der Waals surface area contributed by atoms with Crippen LogP contribution in [0, 0.1) is 5.92 Å². The molecule has 0 radical (unpaired) electrons. The Labute approximate surface area is 137 Å². The van der Waals surface area contributed by atoms with Crippen molar-refractivity contribution in [2.75, 3.05) is 6.26 Å². The van der Waals surface area contributed by atoms with Gasteiger partial charge in [-0.25, -0.2) is 8.42 Å². The second-order valence-electron chi connectivity index (χ2n) is 6.58. The molecule has 1 aliphatic carbocycles. The van der Waals surface area contributed by atoms with Crippen LogP contribution in [-0.2, 0) is 23.3 Å². The predicted octanol–water partition coefficient (Wildman–Crippen LogP) is 3.01. The van der Waals surface area contributed by atoms with Crippen molar-refractivity contribution in [1.82, 2.24) is 15.0 Å². The molecule has 124 valence electrons. The summed E-state index contributed by atoms with van der Waals surface area (Å²) in [7, 11) is -1.41. The van der Waals surface area contributed by atoms with Crippen LogP contribution in [0.1, 0.15) is 37.7 Å². The first-order valence-electron chi connectivity index (χ1n) is 8.13. The first-order valence-corrected chi connectivity index (χ1v) is 10.0. The van der Waals surface area contributed by atoms with Gasteiger partial charge in [0.1, 0.15) is 5.69 Å². The second kappa shape index (κ2) is 6.43. The monoisotopic (exact) mass is 333 g/mol. The Morgan fingerprint density at radius 3 is 2.57 bits per heavy atom. The fraction of sp³-hybridized carbons (Fsp3) is 0.529. The Balaban J connectivity index is 2.00. The Bertz CT molecular complexity index is 790. The van der Waals surface area contributed by atoms with Crippen molar-refractivity contribution in [3.8, 4) is 11.3 Å². The van der Waals surface area contributed by atoms with Crippen molar-refractivity contribution in [2.24, 2.45) is 13.0 Å². The van der Waals surface area contributed by atoms with Gasteiger partial charge in [0.05, 0.1) is 11.1 Å². The van der Waals surface area contributed by atoms with Crippen LogP contribution in [0.3, 0.4) is 0 Å². The molecular formula is C17H23N3O2S. The van der Waals surface area contributed by atoms with E-state index in [9.17, 15) is 8.42 Å². The molecule has 0 amide bonds. The number of hydrogen-bond donors (Lipinski definition) is 0. The van der Waals surface area contributed by atoms with Gasteiger partial charge in [0.15, 0.2) is 9.84 Å². The summed E-state index contributed by atoms with van der Waals surface area (Å²) in [6, 6.07) is 5.42. The van der Waals surface area contributed by atoms with Gasteiger partial charge in [-0.1, -0.05) is 43.4 Å². The molecule has 5 nitrogen and oxygen atoms in total. The second-order valence-corrected chi connectivity index (χ2v) is 8.59. The van der Waals surface area contributed by atoms with Gasteiger partial charge in [-0.3, -0.25) is 4.68 Å². The van der Waals surface area contributed by atoms with Gasteiger partial charge in [0, 0.05) is 18.9 Å². The van der Waals surface area contributed by atoms with Gasteiger partial charge in [0.2, 0.25) is 0 Å². The minimum Gasteiger partial charge on any atom is -0.255 e. The van der Waals surface area contributed by atoms with Crippen molar-refractivity contribution in [3.05, 3.63) is 30.0 Å². The van der Waals surface area contributed by atoms with Gasteiger partial charge in [-0.05, 0) is 30.0 Å². The summed E-state index contributed by atoms with van der Waals surface area (Å²) in [5.41, 5.74) is 2.81. The number of benzene rings is 1. The normalized spacial score (nSPS) is 16.6. The molecule has 1 heterocycles. The fourth-order valence-electron chi connectivity index (χ4n) is 3.38. The molecule has 0 saturated heterocycles. The zero-order valence-electron chi connectivity index (χ0n) is 13.7. The number of rotatable bonds is 4. The molecule has 6 heteroatoms. The number of nitrogens with zero attached hydrogens (tertiary/aromatic N) is 3. The smallest absolute Gasteiger partial charge is 0.175 e. The van der Waals surface area contributed by atoms with E-state index < -0.39 is 9.84 Å². The van der Waals surface area contributed by atoms with E-state index in [4.69, 9.17) is 0 Å². The summed E-state index contributed by atoms with van der Waals surface area (Å²) in [4.78, 5) is 0.338. The molecule has 0 unspecified atom stereocenters. The van der Waals surface area contributed by atoms with Crippen LogP contribution in [-0.4, -0.2) is 29.7 Å². The van der Waals surface area contributed by atoms with Gasteiger partial charge in [0.25, 0.3) is 0 Å². The SMILES string of the molecule is Cn1cc(-c2cc(S(C)(=O)=O)ccc2CC2CCCCC2)nn1. The first kappa shape index (κ1) is 16.2. The third-order valence-electron chi connectivity index (χ3n) is 4.62. The average molecular weight is 333 g/mol. The van der Waals surface area contributed by atoms with Gasteiger partial charge in [-0.2, -0.15) is 0 Å². The quantitative estimate of drug-likeness (QED) is 0.863. The molecule has 1 aliphatic rings. The molecule has 1 aromatic heterocycles. The predicted molar refractivity (Wildman–Crippen MR) is 89.8 cm³/mol. The number of aromatic nitrogens is 3. The molecule has 1 aromatic carbocycles. The van der Waals surface area contributed by atoms with Crippen LogP contribution in [0.15, 0.2) is 29.3 Å². The van der Waals surface area contributed by atoms with E-state index in [2.05, 4.69) is 10.3 Å². The van der Waals surface area contributed by atoms with Crippen molar-refractivity contribution in [1.29, 1.82) is 0 Å².